The standard InChI is InChI=1S/C17H20ClN7O2S/c1-3-9-25-10-8-15(23-25)21-17-19-11-12(18)16(22-17)20-13-6-4-5-7-14(13)24-28(2,26)27/h4-8,10-11,24H,3,9H2,1-2H3,(H2,19,20,21,22,23). The normalized spacial score (nSPS) is 11.2. The number of rotatable bonds is 8. The second-order valence-corrected chi connectivity index (χ2v) is 8.18. The number of aromatic nitrogens is 4. The summed E-state index contributed by atoms with van der Waals surface area (Å²) in [4.78, 5) is 8.52. The Morgan fingerprint density at radius 3 is 2.61 bits per heavy atom. The van der Waals surface area contributed by atoms with Crippen molar-refractivity contribution in [3.05, 3.63) is 47.7 Å². The van der Waals surface area contributed by atoms with Crippen LogP contribution < -0.4 is 15.4 Å². The molecule has 9 nitrogen and oxygen atoms in total. The molecule has 2 aromatic heterocycles. The molecule has 0 saturated carbocycles. The summed E-state index contributed by atoms with van der Waals surface area (Å²) < 4.78 is 27.4. The van der Waals surface area contributed by atoms with Crippen molar-refractivity contribution < 1.29 is 8.42 Å². The van der Waals surface area contributed by atoms with E-state index in [1.165, 1.54) is 6.20 Å². The van der Waals surface area contributed by atoms with Crippen molar-refractivity contribution in [1.82, 2.24) is 19.7 Å². The molecule has 0 fully saturated rings. The number of hydrogen-bond acceptors (Lipinski definition) is 7. The van der Waals surface area contributed by atoms with Crippen LogP contribution in [0.2, 0.25) is 5.02 Å². The minimum Gasteiger partial charge on any atom is -0.337 e. The third-order valence-corrected chi connectivity index (χ3v) is 4.42. The van der Waals surface area contributed by atoms with Crippen LogP contribution in [-0.4, -0.2) is 34.4 Å². The zero-order valence-electron chi connectivity index (χ0n) is 15.3. The van der Waals surface area contributed by atoms with Crippen molar-refractivity contribution in [3.63, 3.8) is 0 Å². The van der Waals surface area contributed by atoms with Gasteiger partial charge < -0.3 is 10.6 Å². The van der Waals surface area contributed by atoms with Gasteiger partial charge in [0.25, 0.3) is 0 Å². The van der Waals surface area contributed by atoms with E-state index in [-0.39, 0.29) is 5.02 Å². The van der Waals surface area contributed by atoms with Crippen LogP contribution in [0.5, 0.6) is 0 Å². The monoisotopic (exact) mass is 421 g/mol. The molecule has 0 spiro atoms. The van der Waals surface area contributed by atoms with Gasteiger partial charge in [0.2, 0.25) is 16.0 Å². The maximum Gasteiger partial charge on any atom is 0.230 e. The molecule has 0 atom stereocenters. The van der Waals surface area contributed by atoms with Crippen LogP contribution in [-0.2, 0) is 16.6 Å². The average Bonchev–Trinajstić information content (AvgIpc) is 3.06. The van der Waals surface area contributed by atoms with Gasteiger partial charge in [-0.3, -0.25) is 9.40 Å². The highest BCUT2D eigenvalue weighted by molar-refractivity contribution is 7.92. The molecular formula is C17H20ClN7O2S. The van der Waals surface area contributed by atoms with E-state index in [0.717, 1.165) is 19.2 Å². The smallest absolute Gasteiger partial charge is 0.230 e. The van der Waals surface area contributed by atoms with Crippen LogP contribution in [0.3, 0.4) is 0 Å². The fraction of sp³-hybridized carbons (Fsp3) is 0.235. The quantitative estimate of drug-likeness (QED) is 0.509. The van der Waals surface area contributed by atoms with Crippen LogP contribution >= 0.6 is 11.6 Å². The molecule has 11 heteroatoms. The van der Waals surface area contributed by atoms with Crippen LogP contribution in [0.25, 0.3) is 0 Å². The molecule has 3 rings (SSSR count). The summed E-state index contributed by atoms with van der Waals surface area (Å²) >= 11 is 6.21. The van der Waals surface area contributed by atoms with Gasteiger partial charge in [-0.25, -0.2) is 13.4 Å². The van der Waals surface area contributed by atoms with Crippen LogP contribution in [0.4, 0.5) is 29.0 Å². The zero-order valence-corrected chi connectivity index (χ0v) is 16.9. The molecule has 0 aliphatic heterocycles. The number of hydrogen-bond donors (Lipinski definition) is 3. The number of benzene rings is 1. The van der Waals surface area contributed by atoms with Gasteiger partial charge in [0.1, 0.15) is 5.02 Å². The number of sulfonamides is 1. The van der Waals surface area contributed by atoms with E-state index in [2.05, 4.69) is 37.3 Å². The van der Waals surface area contributed by atoms with Gasteiger partial charge in [-0.05, 0) is 18.6 Å². The van der Waals surface area contributed by atoms with Crippen molar-refractivity contribution in [1.29, 1.82) is 0 Å². The van der Waals surface area contributed by atoms with Gasteiger partial charge in [0, 0.05) is 18.8 Å². The van der Waals surface area contributed by atoms with Crippen molar-refractivity contribution in [2.75, 3.05) is 21.6 Å². The first-order chi connectivity index (χ1) is 13.3. The van der Waals surface area contributed by atoms with E-state index in [0.29, 0.717) is 29.0 Å². The Hall–Kier alpha value is -2.85. The molecule has 1 aromatic carbocycles. The summed E-state index contributed by atoms with van der Waals surface area (Å²) in [5, 5.41) is 10.7. The number of nitrogens with zero attached hydrogens (tertiary/aromatic N) is 4. The molecule has 148 valence electrons. The minimum absolute atomic E-state index is 0.288. The lowest BCUT2D eigenvalue weighted by Gasteiger charge is -2.13. The minimum atomic E-state index is -3.43. The third-order valence-electron chi connectivity index (χ3n) is 3.55. The second kappa shape index (κ2) is 8.44. The lowest BCUT2D eigenvalue weighted by Crippen LogP contribution is -2.11. The van der Waals surface area contributed by atoms with Crippen LogP contribution in [0.15, 0.2) is 42.7 Å². The highest BCUT2D eigenvalue weighted by atomic mass is 35.5. The molecule has 3 N–H and O–H groups in total. The molecule has 2 heterocycles. The van der Waals surface area contributed by atoms with Crippen molar-refractivity contribution >= 4 is 50.6 Å². The van der Waals surface area contributed by atoms with Crippen LogP contribution in [0, 0.1) is 0 Å². The Kier molecular flexibility index (Phi) is 6.00. The van der Waals surface area contributed by atoms with Gasteiger partial charge in [-0.2, -0.15) is 10.1 Å². The highest BCUT2D eigenvalue weighted by Gasteiger charge is 2.11. The van der Waals surface area contributed by atoms with E-state index < -0.39 is 10.0 Å². The third kappa shape index (κ3) is 5.33. The molecule has 0 saturated heterocycles. The lowest BCUT2D eigenvalue weighted by molar-refractivity contribution is 0.604. The number of anilines is 5. The van der Waals surface area contributed by atoms with Gasteiger partial charge in [-0.1, -0.05) is 30.7 Å². The molecule has 0 aliphatic carbocycles. The number of para-hydroxylation sites is 2. The highest BCUT2D eigenvalue weighted by Crippen LogP contribution is 2.29. The molecule has 28 heavy (non-hydrogen) atoms. The van der Waals surface area contributed by atoms with Gasteiger partial charge >= 0.3 is 0 Å². The van der Waals surface area contributed by atoms with Crippen molar-refractivity contribution in [2.45, 2.75) is 19.9 Å². The Morgan fingerprint density at radius 2 is 1.89 bits per heavy atom. The maximum absolute atomic E-state index is 11.6. The lowest BCUT2D eigenvalue weighted by atomic mass is 10.2. The topological polar surface area (TPSA) is 114 Å². The van der Waals surface area contributed by atoms with E-state index in [1.807, 2.05) is 16.9 Å². The van der Waals surface area contributed by atoms with Crippen molar-refractivity contribution in [3.8, 4) is 0 Å². The average molecular weight is 422 g/mol. The Bertz CT molecular complexity index is 1070. The molecule has 0 amide bonds. The number of nitrogens with one attached hydrogen (secondary N) is 3. The summed E-state index contributed by atoms with van der Waals surface area (Å²) in [5.41, 5.74) is 0.888. The van der Waals surface area contributed by atoms with Crippen molar-refractivity contribution in [2.24, 2.45) is 0 Å². The molecule has 0 bridgehead atoms. The van der Waals surface area contributed by atoms with E-state index >= 15 is 0 Å². The first kappa shape index (κ1) is 19.9. The predicted octanol–water partition coefficient (Wildman–Crippen LogP) is 3.60. The van der Waals surface area contributed by atoms with E-state index in [1.54, 1.807) is 24.3 Å². The van der Waals surface area contributed by atoms with E-state index in [9.17, 15) is 8.42 Å². The first-order valence-electron chi connectivity index (χ1n) is 8.51. The Morgan fingerprint density at radius 1 is 1.14 bits per heavy atom. The molecular weight excluding hydrogens is 402 g/mol. The largest absolute Gasteiger partial charge is 0.337 e. The van der Waals surface area contributed by atoms with Gasteiger partial charge in [0.15, 0.2) is 11.6 Å². The Balaban J connectivity index is 1.82. The fourth-order valence-electron chi connectivity index (χ4n) is 2.42. The summed E-state index contributed by atoms with van der Waals surface area (Å²) in [5.74, 6) is 1.25. The maximum atomic E-state index is 11.6. The molecule has 3 aromatic rings. The number of halogens is 1. The SMILES string of the molecule is CCCn1ccc(Nc2ncc(Cl)c(Nc3ccccc3NS(C)(=O)=O)n2)n1. The summed E-state index contributed by atoms with van der Waals surface area (Å²) in [6, 6.07) is 8.67. The summed E-state index contributed by atoms with van der Waals surface area (Å²) in [7, 11) is -3.43. The predicted molar refractivity (Wildman–Crippen MR) is 111 cm³/mol. The molecule has 0 aliphatic rings. The first-order valence-corrected chi connectivity index (χ1v) is 10.8. The molecule has 0 radical (unpaired) electrons. The van der Waals surface area contributed by atoms with E-state index in [4.69, 9.17) is 11.6 Å². The summed E-state index contributed by atoms with van der Waals surface area (Å²) in [6.45, 7) is 2.89. The second-order valence-electron chi connectivity index (χ2n) is 6.02. The fourth-order valence-corrected chi connectivity index (χ4v) is 3.14. The van der Waals surface area contributed by atoms with Crippen LogP contribution in [0.1, 0.15) is 13.3 Å². The van der Waals surface area contributed by atoms with Gasteiger partial charge in [-0.15, -0.1) is 0 Å². The summed E-state index contributed by atoms with van der Waals surface area (Å²) in [6.07, 6.45) is 5.39. The zero-order chi connectivity index (χ0) is 20.1. The Labute approximate surface area is 168 Å². The van der Waals surface area contributed by atoms with Gasteiger partial charge in [0.05, 0.1) is 23.8 Å². The number of aryl methyl sites for hydroxylation is 1. The molecule has 0 unspecified atom stereocenters.